The molecule has 0 radical (unpaired) electrons. The van der Waals surface area contributed by atoms with Gasteiger partial charge in [0.2, 0.25) is 0 Å². The van der Waals surface area contributed by atoms with Crippen LogP contribution >= 0.6 is 0 Å². The Morgan fingerprint density at radius 1 is 1.12 bits per heavy atom. The van der Waals surface area contributed by atoms with Gasteiger partial charge in [0.1, 0.15) is 11.5 Å². The summed E-state index contributed by atoms with van der Waals surface area (Å²) in [5.74, 6) is 1.55. The zero-order valence-electron chi connectivity index (χ0n) is 15.4. The Morgan fingerprint density at radius 3 is 2.24 bits per heavy atom. The molecular weight excluding hydrogens is 320 g/mol. The van der Waals surface area contributed by atoms with Crippen molar-refractivity contribution in [2.24, 2.45) is 11.7 Å². The average molecular weight is 350 g/mol. The number of ether oxygens (including phenoxy) is 3. The van der Waals surface area contributed by atoms with E-state index in [0.29, 0.717) is 23.1 Å². The van der Waals surface area contributed by atoms with E-state index >= 15 is 0 Å². The Balaban J connectivity index is 2.01. The van der Waals surface area contributed by atoms with Gasteiger partial charge in [-0.1, -0.05) is 32.1 Å². The van der Waals surface area contributed by atoms with Crippen LogP contribution in [0.4, 0.5) is 5.69 Å². The Morgan fingerprint density at radius 2 is 1.72 bits per heavy atom. The summed E-state index contributed by atoms with van der Waals surface area (Å²) in [7, 11) is 4.66. The molecule has 0 aliphatic heterocycles. The Bertz CT molecular complexity index is 536. The monoisotopic (exact) mass is 350 g/mol. The number of amides is 1. The third kappa shape index (κ3) is 5.61. The maximum atomic E-state index is 12.6. The molecule has 0 heterocycles. The van der Waals surface area contributed by atoms with E-state index < -0.39 is 6.10 Å². The highest BCUT2D eigenvalue weighted by atomic mass is 16.5. The summed E-state index contributed by atoms with van der Waals surface area (Å²) in [6, 6.07) is 4.90. The van der Waals surface area contributed by atoms with Gasteiger partial charge in [0, 0.05) is 37.0 Å². The minimum absolute atomic E-state index is 0.249. The standard InChI is InChI=1S/C19H30N2O4/c1-23-15-10-14(11-16(12-15)24-2)21-19(22)18(25-3)17(20)9-13-7-5-4-6-8-13/h10-13,17-18H,4-9,20H2,1-3H3,(H,21,22)/t17-,18?/m1/s1. The van der Waals surface area contributed by atoms with Crippen LogP contribution in [0.15, 0.2) is 18.2 Å². The quantitative estimate of drug-likeness (QED) is 0.753. The lowest BCUT2D eigenvalue weighted by molar-refractivity contribution is -0.127. The van der Waals surface area contributed by atoms with Gasteiger partial charge < -0.3 is 25.3 Å². The fourth-order valence-electron chi connectivity index (χ4n) is 3.50. The second-order valence-corrected chi connectivity index (χ2v) is 6.65. The van der Waals surface area contributed by atoms with Crippen molar-refractivity contribution in [2.75, 3.05) is 26.6 Å². The summed E-state index contributed by atoms with van der Waals surface area (Å²) in [6.45, 7) is 0. The maximum absolute atomic E-state index is 12.6. The Labute approximate surface area is 150 Å². The van der Waals surface area contributed by atoms with Crippen LogP contribution in [0.2, 0.25) is 0 Å². The summed E-state index contributed by atoms with van der Waals surface area (Å²) >= 11 is 0. The molecule has 1 aromatic carbocycles. The van der Waals surface area contributed by atoms with E-state index in [1.165, 1.54) is 39.2 Å². The molecule has 3 N–H and O–H groups in total. The number of nitrogens with one attached hydrogen (secondary N) is 1. The van der Waals surface area contributed by atoms with Gasteiger partial charge in [-0.05, 0) is 12.3 Å². The lowest BCUT2D eigenvalue weighted by Gasteiger charge is -2.28. The summed E-state index contributed by atoms with van der Waals surface area (Å²) in [4.78, 5) is 12.6. The summed E-state index contributed by atoms with van der Waals surface area (Å²) in [5, 5.41) is 2.86. The van der Waals surface area contributed by atoms with E-state index in [4.69, 9.17) is 19.9 Å². The molecule has 0 spiro atoms. The van der Waals surface area contributed by atoms with E-state index in [1.54, 1.807) is 32.4 Å². The largest absolute Gasteiger partial charge is 0.497 e. The molecule has 1 fully saturated rings. The molecule has 2 atom stereocenters. The number of anilines is 1. The molecule has 2 rings (SSSR count). The smallest absolute Gasteiger partial charge is 0.255 e. The average Bonchev–Trinajstić information content (AvgIpc) is 2.62. The van der Waals surface area contributed by atoms with Gasteiger partial charge in [0.15, 0.2) is 6.10 Å². The van der Waals surface area contributed by atoms with Gasteiger partial charge in [0.25, 0.3) is 5.91 Å². The van der Waals surface area contributed by atoms with E-state index in [1.807, 2.05) is 0 Å². The van der Waals surface area contributed by atoms with Crippen LogP contribution in [0, 0.1) is 5.92 Å². The Hall–Kier alpha value is -1.79. The van der Waals surface area contributed by atoms with Crippen LogP contribution in [0.5, 0.6) is 11.5 Å². The van der Waals surface area contributed by atoms with Gasteiger partial charge >= 0.3 is 0 Å². The summed E-state index contributed by atoms with van der Waals surface area (Å²) in [5.41, 5.74) is 6.88. The van der Waals surface area contributed by atoms with Gasteiger partial charge in [-0.3, -0.25) is 4.79 Å². The van der Waals surface area contributed by atoms with Crippen molar-refractivity contribution in [1.29, 1.82) is 0 Å². The van der Waals surface area contributed by atoms with Crippen LogP contribution < -0.4 is 20.5 Å². The predicted octanol–water partition coefficient (Wildman–Crippen LogP) is 2.96. The van der Waals surface area contributed by atoms with Crippen molar-refractivity contribution >= 4 is 11.6 Å². The molecule has 6 heteroatoms. The van der Waals surface area contributed by atoms with E-state index in [0.717, 1.165) is 6.42 Å². The number of carbonyl (C=O) groups is 1. The predicted molar refractivity (Wildman–Crippen MR) is 98.1 cm³/mol. The molecule has 1 unspecified atom stereocenters. The molecule has 1 aliphatic carbocycles. The van der Waals surface area contributed by atoms with Crippen LogP contribution in [0.25, 0.3) is 0 Å². The number of hydrogen-bond acceptors (Lipinski definition) is 5. The molecular formula is C19H30N2O4. The topological polar surface area (TPSA) is 82.8 Å². The molecule has 25 heavy (non-hydrogen) atoms. The lowest BCUT2D eigenvalue weighted by atomic mass is 9.84. The molecule has 140 valence electrons. The zero-order chi connectivity index (χ0) is 18.2. The summed E-state index contributed by atoms with van der Waals surface area (Å²) < 4.78 is 15.9. The molecule has 1 saturated carbocycles. The maximum Gasteiger partial charge on any atom is 0.255 e. The minimum Gasteiger partial charge on any atom is -0.497 e. The van der Waals surface area contributed by atoms with Crippen LogP contribution in [0.3, 0.4) is 0 Å². The van der Waals surface area contributed by atoms with Gasteiger partial charge in [0.05, 0.1) is 14.2 Å². The lowest BCUT2D eigenvalue weighted by Crippen LogP contribution is -2.45. The fourth-order valence-corrected chi connectivity index (χ4v) is 3.50. The van der Waals surface area contributed by atoms with Crippen LogP contribution in [-0.4, -0.2) is 39.4 Å². The zero-order valence-corrected chi connectivity index (χ0v) is 15.4. The second-order valence-electron chi connectivity index (χ2n) is 6.65. The first-order chi connectivity index (χ1) is 12.1. The summed E-state index contributed by atoms with van der Waals surface area (Å²) in [6.07, 6.45) is 6.33. The van der Waals surface area contributed by atoms with Crippen LogP contribution in [-0.2, 0) is 9.53 Å². The van der Waals surface area contributed by atoms with E-state index in [2.05, 4.69) is 5.32 Å². The highest BCUT2D eigenvalue weighted by Crippen LogP contribution is 2.29. The van der Waals surface area contributed by atoms with Gasteiger partial charge in [-0.25, -0.2) is 0 Å². The van der Waals surface area contributed by atoms with Crippen molar-refractivity contribution in [3.63, 3.8) is 0 Å². The van der Waals surface area contributed by atoms with Crippen molar-refractivity contribution in [3.05, 3.63) is 18.2 Å². The van der Waals surface area contributed by atoms with Crippen LogP contribution in [0.1, 0.15) is 38.5 Å². The molecule has 6 nitrogen and oxygen atoms in total. The minimum atomic E-state index is -0.681. The fraction of sp³-hybridized carbons (Fsp3) is 0.632. The number of hydrogen-bond donors (Lipinski definition) is 2. The van der Waals surface area contributed by atoms with Gasteiger partial charge in [-0.2, -0.15) is 0 Å². The molecule has 1 aromatic rings. The first-order valence-corrected chi connectivity index (χ1v) is 8.89. The van der Waals surface area contributed by atoms with E-state index in [9.17, 15) is 4.79 Å². The SMILES string of the molecule is COc1cc(NC(=O)C(OC)[C@H](N)CC2CCCCC2)cc(OC)c1. The molecule has 1 aliphatic rings. The normalized spacial score (nSPS) is 17.6. The van der Waals surface area contributed by atoms with E-state index in [-0.39, 0.29) is 11.9 Å². The van der Waals surface area contributed by atoms with Crippen molar-refractivity contribution in [1.82, 2.24) is 0 Å². The van der Waals surface area contributed by atoms with Crippen molar-refractivity contribution < 1.29 is 19.0 Å². The highest BCUT2D eigenvalue weighted by Gasteiger charge is 2.28. The second kappa shape index (κ2) is 9.63. The molecule has 0 saturated heterocycles. The number of rotatable bonds is 8. The Kier molecular flexibility index (Phi) is 7.52. The first-order valence-electron chi connectivity index (χ1n) is 8.89. The number of nitrogens with two attached hydrogens (primary N) is 1. The number of benzene rings is 1. The third-order valence-corrected chi connectivity index (χ3v) is 4.85. The molecule has 0 aromatic heterocycles. The highest BCUT2D eigenvalue weighted by molar-refractivity contribution is 5.95. The third-order valence-electron chi connectivity index (χ3n) is 4.85. The number of carbonyl (C=O) groups excluding carboxylic acids is 1. The molecule has 0 bridgehead atoms. The van der Waals surface area contributed by atoms with Crippen molar-refractivity contribution in [3.8, 4) is 11.5 Å². The molecule has 1 amide bonds. The number of methoxy groups -OCH3 is 3. The van der Waals surface area contributed by atoms with Crippen molar-refractivity contribution in [2.45, 2.75) is 50.7 Å². The van der Waals surface area contributed by atoms with Gasteiger partial charge in [-0.15, -0.1) is 0 Å². The first kappa shape index (κ1) is 19.5.